The number of sulfonamides is 1. The highest BCUT2D eigenvalue weighted by Crippen LogP contribution is 2.19. The van der Waals surface area contributed by atoms with Crippen LogP contribution in [-0.4, -0.2) is 56.4 Å². The molecule has 1 saturated heterocycles. The normalized spacial score (nSPS) is 15.1. The summed E-state index contributed by atoms with van der Waals surface area (Å²) in [5, 5.41) is 0. The van der Waals surface area contributed by atoms with E-state index in [1.165, 1.54) is 16.4 Å². The molecule has 0 atom stereocenters. The van der Waals surface area contributed by atoms with E-state index in [1.54, 1.807) is 17.0 Å². The monoisotopic (exact) mass is 388 g/mol. The minimum Gasteiger partial charge on any atom is -0.378 e. The van der Waals surface area contributed by atoms with Gasteiger partial charge in [-0.2, -0.15) is 4.31 Å². The Bertz CT molecular complexity index is 861. The van der Waals surface area contributed by atoms with Crippen LogP contribution in [0.15, 0.2) is 59.5 Å². The van der Waals surface area contributed by atoms with Gasteiger partial charge in [0.2, 0.25) is 10.0 Å². The van der Waals surface area contributed by atoms with Crippen molar-refractivity contribution in [2.24, 2.45) is 0 Å². The van der Waals surface area contributed by atoms with Crippen molar-refractivity contribution < 1.29 is 17.9 Å². The molecular formula is C20H24N2O4S. The largest absolute Gasteiger partial charge is 0.378 e. The molecule has 0 spiro atoms. The maximum atomic E-state index is 13.0. The smallest absolute Gasteiger partial charge is 0.254 e. The van der Waals surface area contributed by atoms with Crippen molar-refractivity contribution in [3.63, 3.8) is 0 Å². The molecule has 2 aromatic rings. The van der Waals surface area contributed by atoms with Gasteiger partial charge in [-0.25, -0.2) is 8.42 Å². The predicted octanol–water partition coefficient (Wildman–Crippen LogP) is 2.37. The van der Waals surface area contributed by atoms with Crippen LogP contribution < -0.4 is 0 Å². The summed E-state index contributed by atoms with van der Waals surface area (Å²) in [7, 11) is -3.63. The van der Waals surface area contributed by atoms with Crippen molar-refractivity contribution >= 4 is 15.9 Å². The van der Waals surface area contributed by atoms with Gasteiger partial charge in [0.1, 0.15) is 0 Å². The first-order valence-corrected chi connectivity index (χ1v) is 10.5. The molecule has 0 aliphatic carbocycles. The average Bonchev–Trinajstić information content (AvgIpc) is 2.73. The predicted molar refractivity (Wildman–Crippen MR) is 103 cm³/mol. The summed E-state index contributed by atoms with van der Waals surface area (Å²) in [6.07, 6.45) is 0. The van der Waals surface area contributed by atoms with E-state index in [9.17, 15) is 13.2 Å². The van der Waals surface area contributed by atoms with Crippen molar-refractivity contribution in [2.75, 3.05) is 32.8 Å². The van der Waals surface area contributed by atoms with Crippen molar-refractivity contribution in [3.05, 3.63) is 65.7 Å². The van der Waals surface area contributed by atoms with E-state index in [0.29, 0.717) is 45.0 Å². The minimum atomic E-state index is -3.63. The van der Waals surface area contributed by atoms with Gasteiger partial charge >= 0.3 is 0 Å². The van der Waals surface area contributed by atoms with Crippen molar-refractivity contribution in [3.8, 4) is 0 Å². The van der Waals surface area contributed by atoms with Gasteiger partial charge in [0.15, 0.2) is 0 Å². The summed E-state index contributed by atoms with van der Waals surface area (Å²) in [5.74, 6) is -0.0983. The van der Waals surface area contributed by atoms with E-state index in [4.69, 9.17) is 4.74 Å². The number of nitrogens with zero attached hydrogens (tertiary/aromatic N) is 2. The second kappa shape index (κ2) is 8.65. The van der Waals surface area contributed by atoms with Gasteiger partial charge in [0, 0.05) is 31.7 Å². The van der Waals surface area contributed by atoms with Crippen LogP contribution in [0.5, 0.6) is 0 Å². The Hall–Kier alpha value is -2.22. The lowest BCUT2D eigenvalue weighted by Gasteiger charge is -2.27. The molecule has 1 aliphatic rings. The van der Waals surface area contributed by atoms with Crippen molar-refractivity contribution in [1.82, 2.24) is 9.21 Å². The maximum Gasteiger partial charge on any atom is 0.254 e. The molecule has 0 radical (unpaired) electrons. The van der Waals surface area contributed by atoms with E-state index in [1.807, 2.05) is 37.3 Å². The second-order valence-electron chi connectivity index (χ2n) is 6.35. The molecule has 0 bridgehead atoms. The summed E-state index contributed by atoms with van der Waals surface area (Å²) in [6.45, 7) is 4.67. The summed E-state index contributed by atoms with van der Waals surface area (Å²) in [5.41, 5.74) is 1.42. The third-order valence-electron chi connectivity index (χ3n) is 4.59. The van der Waals surface area contributed by atoms with Crippen LogP contribution >= 0.6 is 0 Å². The van der Waals surface area contributed by atoms with Crippen LogP contribution in [0.4, 0.5) is 0 Å². The lowest BCUT2D eigenvalue weighted by atomic mass is 10.2. The van der Waals surface area contributed by atoms with Crippen LogP contribution in [0.2, 0.25) is 0 Å². The lowest BCUT2D eigenvalue weighted by Crippen LogP contribution is -2.40. The molecule has 0 unspecified atom stereocenters. The Kier molecular flexibility index (Phi) is 6.26. The molecule has 3 rings (SSSR count). The standard InChI is InChI=1S/C20H24N2O4S/c1-2-22(16-17-6-4-3-5-7-17)27(24,25)19-10-8-18(9-11-19)20(23)21-12-14-26-15-13-21/h3-11H,2,12-16H2,1H3. The van der Waals surface area contributed by atoms with Gasteiger partial charge in [-0.1, -0.05) is 37.3 Å². The molecule has 7 heteroatoms. The van der Waals surface area contributed by atoms with Crippen LogP contribution in [0.25, 0.3) is 0 Å². The fourth-order valence-electron chi connectivity index (χ4n) is 3.02. The molecule has 0 saturated carbocycles. The molecule has 6 nitrogen and oxygen atoms in total. The number of benzene rings is 2. The SMILES string of the molecule is CCN(Cc1ccccc1)S(=O)(=O)c1ccc(C(=O)N2CCOCC2)cc1. The number of morpholine rings is 1. The number of carbonyl (C=O) groups excluding carboxylic acids is 1. The van der Waals surface area contributed by atoms with Gasteiger partial charge in [-0.15, -0.1) is 0 Å². The molecule has 0 aromatic heterocycles. The molecule has 1 amide bonds. The van der Waals surface area contributed by atoms with Crippen LogP contribution in [0, 0.1) is 0 Å². The Morgan fingerprint density at radius 3 is 2.26 bits per heavy atom. The van der Waals surface area contributed by atoms with Crippen LogP contribution in [0.3, 0.4) is 0 Å². The fraction of sp³-hybridized carbons (Fsp3) is 0.350. The summed E-state index contributed by atoms with van der Waals surface area (Å²) < 4.78 is 32.6. The van der Waals surface area contributed by atoms with Crippen molar-refractivity contribution in [2.45, 2.75) is 18.4 Å². The van der Waals surface area contributed by atoms with E-state index in [0.717, 1.165) is 5.56 Å². The Labute approximate surface area is 160 Å². The summed E-state index contributed by atoms with van der Waals surface area (Å²) in [4.78, 5) is 14.4. The Morgan fingerprint density at radius 1 is 1.04 bits per heavy atom. The quantitative estimate of drug-likeness (QED) is 0.762. The molecule has 0 N–H and O–H groups in total. The van der Waals surface area contributed by atoms with Gasteiger partial charge < -0.3 is 9.64 Å². The Balaban J connectivity index is 1.76. The third-order valence-corrected chi connectivity index (χ3v) is 6.53. The first-order valence-electron chi connectivity index (χ1n) is 9.03. The van der Waals surface area contributed by atoms with Crippen molar-refractivity contribution in [1.29, 1.82) is 0 Å². The number of ether oxygens (including phenoxy) is 1. The number of hydrogen-bond acceptors (Lipinski definition) is 4. The van der Waals surface area contributed by atoms with E-state index in [-0.39, 0.29) is 10.8 Å². The second-order valence-corrected chi connectivity index (χ2v) is 8.28. The highest BCUT2D eigenvalue weighted by molar-refractivity contribution is 7.89. The summed E-state index contributed by atoms with van der Waals surface area (Å²) >= 11 is 0. The zero-order valence-electron chi connectivity index (χ0n) is 15.4. The minimum absolute atomic E-state index is 0.0983. The summed E-state index contributed by atoms with van der Waals surface area (Å²) in [6, 6.07) is 15.7. The molecule has 1 aliphatic heterocycles. The molecule has 144 valence electrons. The highest BCUT2D eigenvalue weighted by atomic mass is 32.2. The van der Waals surface area contributed by atoms with E-state index >= 15 is 0 Å². The van der Waals surface area contributed by atoms with Gasteiger partial charge in [0.05, 0.1) is 18.1 Å². The Morgan fingerprint density at radius 2 is 1.67 bits per heavy atom. The molecule has 1 heterocycles. The molecule has 2 aromatic carbocycles. The molecular weight excluding hydrogens is 364 g/mol. The van der Waals surface area contributed by atoms with E-state index < -0.39 is 10.0 Å². The zero-order valence-corrected chi connectivity index (χ0v) is 16.2. The van der Waals surface area contributed by atoms with Crippen LogP contribution in [0.1, 0.15) is 22.8 Å². The average molecular weight is 388 g/mol. The number of amides is 1. The zero-order chi connectivity index (χ0) is 19.3. The lowest BCUT2D eigenvalue weighted by molar-refractivity contribution is 0.0303. The third kappa shape index (κ3) is 4.55. The fourth-order valence-corrected chi connectivity index (χ4v) is 4.46. The highest BCUT2D eigenvalue weighted by Gasteiger charge is 2.24. The van der Waals surface area contributed by atoms with Crippen LogP contribution in [-0.2, 0) is 21.3 Å². The van der Waals surface area contributed by atoms with Gasteiger partial charge in [-0.05, 0) is 29.8 Å². The molecule has 27 heavy (non-hydrogen) atoms. The first-order chi connectivity index (χ1) is 13.0. The van der Waals surface area contributed by atoms with Gasteiger partial charge in [-0.3, -0.25) is 4.79 Å². The van der Waals surface area contributed by atoms with Gasteiger partial charge in [0.25, 0.3) is 5.91 Å². The maximum absolute atomic E-state index is 13.0. The first kappa shape index (κ1) is 19.5. The number of rotatable bonds is 6. The number of hydrogen-bond donors (Lipinski definition) is 0. The van der Waals surface area contributed by atoms with E-state index in [2.05, 4.69) is 0 Å². The number of carbonyl (C=O) groups is 1. The molecule has 1 fully saturated rings. The topological polar surface area (TPSA) is 66.9 Å².